The minimum atomic E-state index is 0.466. The van der Waals surface area contributed by atoms with Crippen LogP contribution in [0.4, 0.5) is 5.69 Å². The molecule has 0 radical (unpaired) electrons. The van der Waals surface area contributed by atoms with Gasteiger partial charge in [-0.3, -0.25) is 0 Å². The van der Waals surface area contributed by atoms with Crippen molar-refractivity contribution in [2.75, 3.05) is 5.73 Å². The average molecular weight is 160 g/mol. The molecule has 0 spiro atoms. The fraction of sp³-hybridized carbons (Fsp3) is 0.300. The third-order valence-electron chi connectivity index (χ3n) is 1.87. The molecule has 0 aliphatic rings. The van der Waals surface area contributed by atoms with Gasteiger partial charge in [0.05, 0.1) is 12.5 Å². The Balaban J connectivity index is 2.98. The molecule has 2 nitrogen and oxygen atoms in total. The largest absolute Gasteiger partial charge is 0.399 e. The van der Waals surface area contributed by atoms with Gasteiger partial charge in [0.1, 0.15) is 0 Å². The lowest BCUT2D eigenvalue weighted by atomic mass is 10.1. The maximum absolute atomic E-state index is 8.47. The van der Waals surface area contributed by atoms with E-state index < -0.39 is 0 Å². The third kappa shape index (κ3) is 1.76. The Morgan fingerprint density at radius 1 is 1.50 bits per heavy atom. The van der Waals surface area contributed by atoms with Crippen LogP contribution in [0.2, 0.25) is 0 Å². The second-order valence-electron chi connectivity index (χ2n) is 2.72. The molecule has 62 valence electrons. The molecule has 0 saturated heterocycles. The van der Waals surface area contributed by atoms with Gasteiger partial charge in [-0.1, -0.05) is 19.1 Å². The molecule has 0 fully saturated rings. The topological polar surface area (TPSA) is 49.8 Å². The molecule has 1 rings (SSSR count). The van der Waals surface area contributed by atoms with Gasteiger partial charge in [0.15, 0.2) is 0 Å². The monoisotopic (exact) mass is 160 g/mol. The Morgan fingerprint density at radius 2 is 2.25 bits per heavy atom. The quantitative estimate of drug-likeness (QED) is 0.672. The van der Waals surface area contributed by atoms with Gasteiger partial charge in [-0.15, -0.1) is 0 Å². The highest BCUT2D eigenvalue weighted by molar-refractivity contribution is 5.48. The Kier molecular flexibility index (Phi) is 2.71. The van der Waals surface area contributed by atoms with Crippen LogP contribution in [0.25, 0.3) is 0 Å². The maximum Gasteiger partial charge on any atom is 0.0669 e. The van der Waals surface area contributed by atoms with Gasteiger partial charge in [-0.25, -0.2) is 0 Å². The van der Waals surface area contributed by atoms with Crippen LogP contribution in [0.3, 0.4) is 0 Å². The van der Waals surface area contributed by atoms with Crippen LogP contribution in [0.5, 0.6) is 0 Å². The van der Waals surface area contributed by atoms with Gasteiger partial charge in [-0.05, 0) is 23.6 Å². The highest BCUT2D eigenvalue weighted by atomic mass is 14.6. The molecule has 0 amide bonds. The number of nitrogen functional groups attached to an aromatic ring is 1. The molecular weight excluding hydrogens is 148 g/mol. The summed E-state index contributed by atoms with van der Waals surface area (Å²) in [5, 5.41) is 8.47. The van der Waals surface area contributed by atoms with Gasteiger partial charge < -0.3 is 5.73 Å². The van der Waals surface area contributed by atoms with E-state index in [2.05, 4.69) is 13.0 Å². The second-order valence-corrected chi connectivity index (χ2v) is 2.72. The summed E-state index contributed by atoms with van der Waals surface area (Å²) in [6, 6.07) is 7.88. The lowest BCUT2D eigenvalue weighted by molar-refractivity contribution is 1.12. The maximum atomic E-state index is 8.47. The van der Waals surface area contributed by atoms with Crippen LogP contribution in [-0.4, -0.2) is 0 Å². The number of nitrogens with two attached hydrogens (primary N) is 1. The Labute approximate surface area is 72.6 Å². The van der Waals surface area contributed by atoms with Crippen molar-refractivity contribution < 1.29 is 0 Å². The lowest BCUT2D eigenvalue weighted by Gasteiger charge is -2.03. The van der Waals surface area contributed by atoms with E-state index in [0.717, 1.165) is 23.2 Å². The van der Waals surface area contributed by atoms with Crippen molar-refractivity contribution >= 4 is 5.69 Å². The first-order valence-corrected chi connectivity index (χ1v) is 4.02. The van der Waals surface area contributed by atoms with E-state index in [1.165, 1.54) is 0 Å². The first-order valence-electron chi connectivity index (χ1n) is 4.02. The van der Waals surface area contributed by atoms with Gasteiger partial charge in [0.25, 0.3) is 0 Å². The summed E-state index contributed by atoms with van der Waals surface area (Å²) in [5.74, 6) is 0. The van der Waals surface area contributed by atoms with Crippen LogP contribution in [0, 0.1) is 11.3 Å². The fourth-order valence-electron chi connectivity index (χ4n) is 1.17. The van der Waals surface area contributed by atoms with E-state index in [1.807, 2.05) is 18.2 Å². The van der Waals surface area contributed by atoms with Gasteiger partial charge in [0, 0.05) is 5.69 Å². The first-order chi connectivity index (χ1) is 5.77. The molecule has 1 aromatic carbocycles. The number of aryl methyl sites for hydroxylation is 1. The van der Waals surface area contributed by atoms with Crippen LogP contribution >= 0.6 is 0 Å². The molecule has 0 bridgehead atoms. The van der Waals surface area contributed by atoms with E-state index >= 15 is 0 Å². The summed E-state index contributed by atoms with van der Waals surface area (Å²) < 4.78 is 0. The van der Waals surface area contributed by atoms with Crippen molar-refractivity contribution in [2.45, 2.75) is 19.8 Å². The number of nitrogens with zero attached hydrogens (tertiary/aromatic N) is 1. The number of rotatable bonds is 2. The zero-order valence-corrected chi connectivity index (χ0v) is 7.17. The van der Waals surface area contributed by atoms with E-state index in [0.29, 0.717) is 6.42 Å². The summed E-state index contributed by atoms with van der Waals surface area (Å²) in [5.41, 5.74) is 8.70. The second kappa shape index (κ2) is 3.77. The van der Waals surface area contributed by atoms with Crippen molar-refractivity contribution in [3.63, 3.8) is 0 Å². The summed E-state index contributed by atoms with van der Waals surface area (Å²) in [6.45, 7) is 2.06. The van der Waals surface area contributed by atoms with Crippen LogP contribution in [0.15, 0.2) is 18.2 Å². The molecule has 0 saturated carbocycles. The minimum Gasteiger partial charge on any atom is -0.399 e. The summed E-state index contributed by atoms with van der Waals surface area (Å²) >= 11 is 0. The van der Waals surface area contributed by atoms with Crippen molar-refractivity contribution in [3.05, 3.63) is 29.3 Å². The third-order valence-corrected chi connectivity index (χ3v) is 1.87. The zero-order valence-electron chi connectivity index (χ0n) is 7.17. The summed E-state index contributed by atoms with van der Waals surface area (Å²) in [7, 11) is 0. The Morgan fingerprint density at radius 3 is 2.83 bits per heavy atom. The molecule has 2 heteroatoms. The number of anilines is 1. The van der Waals surface area contributed by atoms with Gasteiger partial charge >= 0.3 is 0 Å². The smallest absolute Gasteiger partial charge is 0.0669 e. The number of benzene rings is 1. The molecule has 0 aliphatic heterocycles. The number of hydrogen-bond donors (Lipinski definition) is 1. The van der Waals surface area contributed by atoms with Crippen LogP contribution in [0.1, 0.15) is 18.1 Å². The van der Waals surface area contributed by atoms with Crippen molar-refractivity contribution in [3.8, 4) is 6.07 Å². The number of nitriles is 1. The van der Waals surface area contributed by atoms with Crippen molar-refractivity contribution in [1.29, 1.82) is 5.26 Å². The predicted octanol–water partition coefficient (Wildman–Crippen LogP) is 1.90. The minimum absolute atomic E-state index is 0.466. The normalized spacial score (nSPS) is 9.33. The Hall–Kier alpha value is -1.49. The standard InChI is InChI=1S/C10H12N2/c1-2-9-7-8(5-6-11)3-4-10(9)12/h3-4,7H,2,5,12H2,1H3. The van der Waals surface area contributed by atoms with E-state index in [4.69, 9.17) is 11.0 Å². The molecule has 1 aromatic rings. The highest BCUT2D eigenvalue weighted by Gasteiger charge is 1.97. The average Bonchev–Trinajstić information content (AvgIpc) is 2.09. The summed E-state index contributed by atoms with van der Waals surface area (Å²) in [4.78, 5) is 0. The molecular formula is C10H12N2. The molecule has 12 heavy (non-hydrogen) atoms. The highest BCUT2D eigenvalue weighted by Crippen LogP contribution is 2.14. The molecule has 2 N–H and O–H groups in total. The zero-order chi connectivity index (χ0) is 8.97. The first kappa shape index (κ1) is 8.61. The fourth-order valence-corrected chi connectivity index (χ4v) is 1.17. The van der Waals surface area contributed by atoms with E-state index in [-0.39, 0.29) is 0 Å². The van der Waals surface area contributed by atoms with E-state index in [1.54, 1.807) is 0 Å². The van der Waals surface area contributed by atoms with Crippen LogP contribution < -0.4 is 5.73 Å². The van der Waals surface area contributed by atoms with E-state index in [9.17, 15) is 0 Å². The SMILES string of the molecule is CCc1cc(CC#N)ccc1N. The van der Waals surface area contributed by atoms with Crippen molar-refractivity contribution in [2.24, 2.45) is 0 Å². The number of hydrogen-bond acceptors (Lipinski definition) is 2. The van der Waals surface area contributed by atoms with Crippen molar-refractivity contribution in [1.82, 2.24) is 0 Å². The van der Waals surface area contributed by atoms with Gasteiger partial charge in [-0.2, -0.15) is 5.26 Å². The molecule has 0 atom stereocenters. The molecule has 0 unspecified atom stereocenters. The van der Waals surface area contributed by atoms with Crippen LogP contribution in [-0.2, 0) is 12.8 Å². The molecule has 0 aliphatic carbocycles. The molecule has 0 heterocycles. The predicted molar refractivity (Wildman–Crippen MR) is 49.5 cm³/mol. The lowest BCUT2D eigenvalue weighted by Crippen LogP contribution is -1.94. The summed E-state index contributed by atoms with van der Waals surface area (Å²) in [6.07, 6.45) is 1.39. The molecule has 0 aromatic heterocycles. The van der Waals surface area contributed by atoms with Gasteiger partial charge in [0.2, 0.25) is 0 Å². The Bertz CT molecular complexity index is 310.